The van der Waals surface area contributed by atoms with Gasteiger partial charge in [0.1, 0.15) is 17.7 Å². The predicted molar refractivity (Wildman–Crippen MR) is 101 cm³/mol. The molecule has 3 N–H and O–H groups in total. The van der Waals surface area contributed by atoms with Crippen molar-refractivity contribution in [1.29, 1.82) is 0 Å². The number of aliphatic hydroxyl groups is 2. The first kappa shape index (κ1) is 21.2. The summed E-state index contributed by atoms with van der Waals surface area (Å²) in [5.41, 5.74) is -1.45. The number of benzene rings is 2. The third-order valence-corrected chi connectivity index (χ3v) is 5.09. The zero-order valence-corrected chi connectivity index (χ0v) is 15.5. The highest BCUT2D eigenvalue weighted by molar-refractivity contribution is 5.90. The average molecular weight is 377 g/mol. The topological polar surface area (TPSA) is 69.6 Å². The summed E-state index contributed by atoms with van der Waals surface area (Å²) in [6.45, 7) is 1.34. The maximum Gasteiger partial charge on any atom is 0.268 e. The number of rotatable bonds is 9. The smallest absolute Gasteiger partial charge is 0.268 e. The first-order valence-corrected chi connectivity index (χ1v) is 8.76. The molecular weight excluding hydrogens is 352 g/mol. The van der Waals surface area contributed by atoms with E-state index in [9.17, 15) is 18.7 Å². The number of halogens is 2. The largest absolute Gasteiger partial charge is 0.389 e. The minimum atomic E-state index is -3.14. The Hall–Kier alpha value is -2.15. The molecule has 0 amide bonds. The number of hydrogen-bond donors (Lipinski definition) is 3. The number of nitrogens with one attached hydrogen (secondary N) is 1. The molecule has 2 aromatic rings. The summed E-state index contributed by atoms with van der Waals surface area (Å²) in [5.74, 6) is -0.882. The van der Waals surface area contributed by atoms with E-state index in [-0.39, 0.29) is 6.54 Å². The number of ketones is 1. The summed E-state index contributed by atoms with van der Waals surface area (Å²) in [6, 6.07) is 17.7. The molecule has 2 atom stereocenters. The summed E-state index contributed by atoms with van der Waals surface area (Å²) in [6.07, 6.45) is -2.67. The van der Waals surface area contributed by atoms with Crippen LogP contribution in [0.15, 0.2) is 54.6 Å². The van der Waals surface area contributed by atoms with Crippen molar-refractivity contribution >= 4 is 5.78 Å². The van der Waals surface area contributed by atoms with Crippen LogP contribution in [0.25, 0.3) is 11.1 Å². The quantitative estimate of drug-likeness (QED) is 0.629. The van der Waals surface area contributed by atoms with Gasteiger partial charge < -0.3 is 15.5 Å². The van der Waals surface area contributed by atoms with Crippen LogP contribution in [0.1, 0.15) is 19.4 Å². The van der Waals surface area contributed by atoms with Crippen LogP contribution in [0.2, 0.25) is 0 Å². The van der Waals surface area contributed by atoms with Gasteiger partial charge in [-0.3, -0.25) is 4.79 Å². The van der Waals surface area contributed by atoms with Crippen LogP contribution in [0.3, 0.4) is 0 Å². The van der Waals surface area contributed by atoms with Gasteiger partial charge in [-0.05, 0) is 37.0 Å². The Morgan fingerprint density at radius 1 is 1.04 bits per heavy atom. The molecule has 0 fully saturated rings. The zero-order chi connectivity index (χ0) is 20.1. The number of Topliss-reactive ketones (excluding diaryl/α,β-unsaturated/α-hetero) is 1. The van der Waals surface area contributed by atoms with Crippen LogP contribution in [0, 0.1) is 0 Å². The molecule has 0 spiro atoms. The van der Waals surface area contributed by atoms with Gasteiger partial charge in [0.05, 0.1) is 0 Å². The molecule has 0 radical (unpaired) electrons. The van der Waals surface area contributed by atoms with E-state index < -0.39 is 30.0 Å². The van der Waals surface area contributed by atoms with Crippen LogP contribution >= 0.6 is 0 Å². The van der Waals surface area contributed by atoms with E-state index in [2.05, 4.69) is 5.32 Å². The van der Waals surface area contributed by atoms with Crippen molar-refractivity contribution in [3.05, 3.63) is 60.2 Å². The predicted octanol–water partition coefficient (Wildman–Crippen LogP) is 2.82. The van der Waals surface area contributed by atoms with Crippen LogP contribution in [0.5, 0.6) is 0 Å². The fourth-order valence-corrected chi connectivity index (χ4v) is 2.89. The van der Waals surface area contributed by atoms with Crippen molar-refractivity contribution in [2.75, 3.05) is 13.2 Å². The number of aliphatic hydroxyl groups excluding tert-OH is 1. The van der Waals surface area contributed by atoms with Crippen LogP contribution in [0.4, 0.5) is 8.78 Å². The van der Waals surface area contributed by atoms with E-state index >= 15 is 0 Å². The molecule has 2 aromatic carbocycles. The lowest BCUT2D eigenvalue weighted by Gasteiger charge is -2.41. The molecule has 0 saturated heterocycles. The lowest BCUT2D eigenvalue weighted by atomic mass is 9.79. The van der Waals surface area contributed by atoms with Crippen molar-refractivity contribution in [2.24, 2.45) is 0 Å². The van der Waals surface area contributed by atoms with Gasteiger partial charge >= 0.3 is 0 Å². The van der Waals surface area contributed by atoms with Gasteiger partial charge in [0.2, 0.25) is 0 Å². The second-order valence-corrected chi connectivity index (χ2v) is 6.89. The van der Waals surface area contributed by atoms with Crippen molar-refractivity contribution in [3.63, 3.8) is 0 Å². The third-order valence-electron chi connectivity index (χ3n) is 5.09. The number of carbonyl (C=O) groups excluding carboxylic acids is 1. The fraction of sp³-hybridized carbons (Fsp3) is 0.381. The molecule has 0 saturated carbocycles. The van der Waals surface area contributed by atoms with E-state index in [1.54, 1.807) is 0 Å². The van der Waals surface area contributed by atoms with Crippen molar-refractivity contribution in [3.8, 4) is 11.1 Å². The molecule has 2 unspecified atom stereocenters. The lowest BCUT2D eigenvalue weighted by molar-refractivity contribution is -0.160. The first-order valence-electron chi connectivity index (χ1n) is 8.76. The lowest BCUT2D eigenvalue weighted by Crippen LogP contribution is -2.68. The highest BCUT2D eigenvalue weighted by Crippen LogP contribution is 2.29. The molecule has 0 heterocycles. The maximum absolute atomic E-state index is 13.2. The van der Waals surface area contributed by atoms with Gasteiger partial charge in [0, 0.05) is 6.54 Å². The molecule has 0 aromatic heterocycles. The van der Waals surface area contributed by atoms with Gasteiger partial charge in [0.25, 0.3) is 6.43 Å². The van der Waals surface area contributed by atoms with E-state index in [0.29, 0.717) is 6.42 Å². The second-order valence-electron chi connectivity index (χ2n) is 6.89. The molecular formula is C21H25F2NO3. The maximum atomic E-state index is 13.2. The van der Waals surface area contributed by atoms with Crippen LogP contribution in [-0.4, -0.2) is 46.7 Å². The third kappa shape index (κ3) is 4.58. The number of carbonyl (C=O) groups is 1. The van der Waals surface area contributed by atoms with E-state index in [4.69, 9.17) is 5.11 Å². The molecule has 0 aliphatic carbocycles. The minimum absolute atomic E-state index is 0.190. The van der Waals surface area contributed by atoms with E-state index in [1.807, 2.05) is 54.6 Å². The Balaban J connectivity index is 2.05. The molecule has 0 bridgehead atoms. The van der Waals surface area contributed by atoms with Gasteiger partial charge in [-0.2, -0.15) is 0 Å². The molecule has 0 aliphatic rings. The molecule has 27 heavy (non-hydrogen) atoms. The second kappa shape index (κ2) is 8.69. The van der Waals surface area contributed by atoms with E-state index in [0.717, 1.165) is 23.6 Å². The SMILES string of the molecule is CC(NCCc1ccc(-c2ccccc2)cc1)(C(=O)CO)C(C)(O)C(F)F. The summed E-state index contributed by atoms with van der Waals surface area (Å²) in [7, 11) is 0. The highest BCUT2D eigenvalue weighted by atomic mass is 19.3. The highest BCUT2D eigenvalue weighted by Gasteiger charge is 2.54. The Morgan fingerprint density at radius 2 is 1.59 bits per heavy atom. The van der Waals surface area contributed by atoms with Crippen LogP contribution in [-0.2, 0) is 11.2 Å². The summed E-state index contributed by atoms with van der Waals surface area (Å²) < 4.78 is 26.5. The van der Waals surface area contributed by atoms with E-state index in [1.165, 1.54) is 6.92 Å². The summed E-state index contributed by atoms with van der Waals surface area (Å²) in [4.78, 5) is 12.0. The Bertz CT molecular complexity index is 748. The molecule has 6 heteroatoms. The van der Waals surface area contributed by atoms with Crippen molar-refractivity contribution in [2.45, 2.75) is 37.8 Å². The average Bonchev–Trinajstić information content (AvgIpc) is 2.68. The monoisotopic (exact) mass is 377 g/mol. The number of alkyl halides is 2. The summed E-state index contributed by atoms with van der Waals surface area (Å²) in [5, 5.41) is 22.0. The normalized spacial score (nSPS) is 16.0. The molecule has 4 nitrogen and oxygen atoms in total. The number of hydrogen-bond acceptors (Lipinski definition) is 4. The van der Waals surface area contributed by atoms with Crippen molar-refractivity contribution < 1.29 is 23.8 Å². The fourth-order valence-electron chi connectivity index (χ4n) is 2.89. The van der Waals surface area contributed by atoms with Gasteiger partial charge in [-0.1, -0.05) is 54.6 Å². The Labute approximate surface area is 157 Å². The van der Waals surface area contributed by atoms with Gasteiger partial charge in [-0.15, -0.1) is 0 Å². The molecule has 0 aliphatic heterocycles. The van der Waals surface area contributed by atoms with Gasteiger partial charge in [-0.25, -0.2) is 8.78 Å². The standard InChI is InChI=1S/C21H25F2NO3/c1-20(18(26)14-25,21(2,27)19(22)23)24-13-12-15-8-10-17(11-9-15)16-6-4-3-5-7-16/h3-11,19,24-25,27H,12-14H2,1-2H3. The van der Waals surface area contributed by atoms with Gasteiger partial charge in [0.15, 0.2) is 5.78 Å². The van der Waals surface area contributed by atoms with Crippen molar-refractivity contribution in [1.82, 2.24) is 5.32 Å². The first-order chi connectivity index (χ1) is 12.7. The Morgan fingerprint density at radius 3 is 2.11 bits per heavy atom. The zero-order valence-electron chi connectivity index (χ0n) is 15.5. The molecule has 146 valence electrons. The molecule has 2 rings (SSSR count). The minimum Gasteiger partial charge on any atom is -0.389 e. The summed E-state index contributed by atoms with van der Waals surface area (Å²) >= 11 is 0. The van der Waals surface area contributed by atoms with Crippen LogP contribution < -0.4 is 5.32 Å². The Kier molecular flexibility index (Phi) is 6.81.